The summed E-state index contributed by atoms with van der Waals surface area (Å²) in [5, 5.41) is 11.3. The Balaban J connectivity index is 1.50. The maximum absolute atomic E-state index is 12.4. The van der Waals surface area contributed by atoms with E-state index in [1.807, 2.05) is 77.5 Å². The van der Waals surface area contributed by atoms with Gasteiger partial charge in [-0.3, -0.25) is 4.79 Å². The maximum atomic E-state index is 12.4. The van der Waals surface area contributed by atoms with E-state index in [1.54, 1.807) is 0 Å². The lowest BCUT2D eigenvalue weighted by atomic mass is 10.1. The molecular formula is C20H15BrN4O. The van der Waals surface area contributed by atoms with Gasteiger partial charge >= 0.3 is 0 Å². The molecule has 0 saturated carbocycles. The number of carbonyl (C=O) groups excluding carboxylic acids is 1. The molecule has 0 aliphatic rings. The average Bonchev–Trinajstić information content (AvgIpc) is 3.07. The minimum atomic E-state index is -0.144. The Hall–Kier alpha value is -2.99. The molecule has 0 unspecified atom stereocenters. The Kier molecular flexibility index (Phi) is 4.50. The number of nitrogens with zero attached hydrogens (tertiary/aromatic N) is 3. The van der Waals surface area contributed by atoms with E-state index in [2.05, 4.69) is 31.6 Å². The quantitative estimate of drug-likeness (QED) is 0.542. The maximum Gasteiger partial charge on any atom is 0.255 e. The highest BCUT2D eigenvalue weighted by Crippen LogP contribution is 2.22. The molecule has 0 bridgehead atoms. The Morgan fingerprint density at radius 1 is 0.962 bits per heavy atom. The number of anilines is 1. The van der Waals surface area contributed by atoms with Gasteiger partial charge in [0.15, 0.2) is 0 Å². The van der Waals surface area contributed by atoms with Crippen molar-refractivity contribution < 1.29 is 4.79 Å². The molecule has 26 heavy (non-hydrogen) atoms. The fraction of sp³-hybridized carbons (Fsp3) is 0.0500. The lowest BCUT2D eigenvalue weighted by molar-refractivity contribution is 0.102. The summed E-state index contributed by atoms with van der Waals surface area (Å²) < 4.78 is 2.70. The predicted molar refractivity (Wildman–Crippen MR) is 105 cm³/mol. The van der Waals surface area contributed by atoms with Crippen LogP contribution in [0.4, 0.5) is 5.69 Å². The molecule has 5 nitrogen and oxygen atoms in total. The number of benzene rings is 3. The molecule has 4 rings (SSSR count). The Morgan fingerprint density at radius 3 is 2.50 bits per heavy atom. The van der Waals surface area contributed by atoms with E-state index in [9.17, 15) is 4.79 Å². The Morgan fingerprint density at radius 2 is 1.69 bits per heavy atom. The number of fused-ring (bicyclic) bond motifs is 1. The average molecular weight is 407 g/mol. The zero-order valence-electron chi connectivity index (χ0n) is 13.8. The smallest absolute Gasteiger partial charge is 0.255 e. The molecule has 0 aliphatic carbocycles. The van der Waals surface area contributed by atoms with E-state index in [0.717, 1.165) is 26.8 Å². The molecule has 0 radical (unpaired) electrons. The Labute approximate surface area is 158 Å². The van der Waals surface area contributed by atoms with Crippen LogP contribution in [0.2, 0.25) is 0 Å². The number of amides is 1. The number of hydrogen-bond acceptors (Lipinski definition) is 3. The highest BCUT2D eigenvalue weighted by molar-refractivity contribution is 9.10. The van der Waals surface area contributed by atoms with Crippen LogP contribution in [-0.4, -0.2) is 20.9 Å². The molecule has 0 saturated heterocycles. The molecule has 0 atom stereocenters. The van der Waals surface area contributed by atoms with Crippen LogP contribution < -0.4 is 5.32 Å². The molecule has 128 valence electrons. The van der Waals surface area contributed by atoms with E-state index in [-0.39, 0.29) is 5.91 Å². The number of rotatable bonds is 4. The predicted octanol–water partition coefficient (Wildman–Crippen LogP) is 4.49. The normalized spacial score (nSPS) is 10.8. The minimum Gasteiger partial charge on any atom is -0.321 e. The summed E-state index contributed by atoms with van der Waals surface area (Å²) in [4.78, 5) is 12.4. The number of carbonyl (C=O) groups is 1. The van der Waals surface area contributed by atoms with Gasteiger partial charge in [-0.25, -0.2) is 4.68 Å². The first-order valence-electron chi connectivity index (χ1n) is 8.14. The molecular weight excluding hydrogens is 392 g/mol. The van der Waals surface area contributed by atoms with Crippen LogP contribution in [0.5, 0.6) is 0 Å². The third-order valence-electron chi connectivity index (χ3n) is 4.09. The third-order valence-corrected chi connectivity index (χ3v) is 4.78. The van der Waals surface area contributed by atoms with Crippen molar-refractivity contribution in [3.8, 4) is 0 Å². The van der Waals surface area contributed by atoms with Gasteiger partial charge in [0.25, 0.3) is 5.91 Å². The van der Waals surface area contributed by atoms with Crippen LogP contribution >= 0.6 is 15.9 Å². The van der Waals surface area contributed by atoms with E-state index in [1.165, 1.54) is 0 Å². The lowest BCUT2D eigenvalue weighted by Gasteiger charge is -2.08. The molecule has 0 aliphatic heterocycles. The van der Waals surface area contributed by atoms with Gasteiger partial charge in [-0.05, 0) is 57.9 Å². The SMILES string of the molecule is O=C(Nc1ccccc1Br)c1ccc(Cn2nnc3ccccc32)cc1. The van der Waals surface area contributed by atoms with Crippen LogP contribution in [0.25, 0.3) is 11.0 Å². The first-order valence-corrected chi connectivity index (χ1v) is 8.93. The highest BCUT2D eigenvalue weighted by Gasteiger charge is 2.09. The molecule has 1 N–H and O–H groups in total. The summed E-state index contributed by atoms with van der Waals surface area (Å²) in [5.41, 5.74) is 4.27. The van der Waals surface area contributed by atoms with Gasteiger partial charge in [0.1, 0.15) is 5.52 Å². The van der Waals surface area contributed by atoms with Crippen molar-refractivity contribution >= 4 is 38.6 Å². The fourth-order valence-electron chi connectivity index (χ4n) is 2.73. The molecule has 1 aromatic heterocycles. The van der Waals surface area contributed by atoms with Gasteiger partial charge in [-0.2, -0.15) is 0 Å². The van der Waals surface area contributed by atoms with Crippen LogP contribution in [-0.2, 0) is 6.54 Å². The zero-order valence-corrected chi connectivity index (χ0v) is 15.3. The number of aromatic nitrogens is 3. The van der Waals surface area contributed by atoms with Gasteiger partial charge in [0.2, 0.25) is 0 Å². The second-order valence-electron chi connectivity index (χ2n) is 5.87. The van der Waals surface area contributed by atoms with Crippen LogP contribution in [0.1, 0.15) is 15.9 Å². The minimum absolute atomic E-state index is 0.144. The van der Waals surface area contributed by atoms with E-state index < -0.39 is 0 Å². The summed E-state index contributed by atoms with van der Waals surface area (Å²) in [5.74, 6) is -0.144. The monoisotopic (exact) mass is 406 g/mol. The summed E-state index contributed by atoms with van der Waals surface area (Å²) in [7, 11) is 0. The van der Waals surface area contributed by atoms with Crippen molar-refractivity contribution in [1.29, 1.82) is 0 Å². The van der Waals surface area contributed by atoms with Gasteiger partial charge in [-0.15, -0.1) is 5.10 Å². The van der Waals surface area contributed by atoms with Crippen molar-refractivity contribution in [1.82, 2.24) is 15.0 Å². The van der Waals surface area contributed by atoms with Crippen molar-refractivity contribution in [3.63, 3.8) is 0 Å². The molecule has 1 amide bonds. The first kappa shape index (κ1) is 16.5. The summed E-state index contributed by atoms with van der Waals surface area (Å²) in [6.07, 6.45) is 0. The van der Waals surface area contributed by atoms with Gasteiger partial charge < -0.3 is 5.32 Å². The van der Waals surface area contributed by atoms with Crippen molar-refractivity contribution in [3.05, 3.63) is 88.4 Å². The molecule has 3 aromatic carbocycles. The van der Waals surface area contributed by atoms with E-state index in [4.69, 9.17) is 0 Å². The van der Waals surface area contributed by atoms with Gasteiger partial charge in [-0.1, -0.05) is 41.6 Å². The molecule has 0 spiro atoms. The second kappa shape index (κ2) is 7.09. The molecule has 0 fully saturated rings. The summed E-state index contributed by atoms with van der Waals surface area (Å²) in [6.45, 7) is 0.604. The zero-order chi connectivity index (χ0) is 17.9. The van der Waals surface area contributed by atoms with Crippen molar-refractivity contribution in [2.45, 2.75) is 6.54 Å². The fourth-order valence-corrected chi connectivity index (χ4v) is 3.11. The van der Waals surface area contributed by atoms with Gasteiger partial charge in [0, 0.05) is 10.0 Å². The standard InChI is InChI=1S/C20H15BrN4O/c21-16-5-1-2-6-17(16)22-20(26)15-11-9-14(10-12-15)13-25-19-8-4-3-7-18(19)23-24-25/h1-12H,13H2,(H,22,26). The number of halogens is 1. The van der Waals surface area contributed by atoms with Crippen molar-refractivity contribution in [2.75, 3.05) is 5.32 Å². The summed E-state index contributed by atoms with van der Waals surface area (Å²) in [6, 6.07) is 22.9. The lowest BCUT2D eigenvalue weighted by Crippen LogP contribution is -2.12. The molecule has 6 heteroatoms. The number of para-hydroxylation sites is 2. The number of hydrogen-bond donors (Lipinski definition) is 1. The largest absolute Gasteiger partial charge is 0.321 e. The van der Waals surface area contributed by atoms with Crippen LogP contribution in [0.3, 0.4) is 0 Å². The summed E-state index contributed by atoms with van der Waals surface area (Å²) >= 11 is 3.43. The number of nitrogens with one attached hydrogen (secondary N) is 1. The van der Waals surface area contributed by atoms with Crippen molar-refractivity contribution in [2.24, 2.45) is 0 Å². The van der Waals surface area contributed by atoms with Crippen LogP contribution in [0.15, 0.2) is 77.3 Å². The molecule has 4 aromatic rings. The van der Waals surface area contributed by atoms with E-state index >= 15 is 0 Å². The highest BCUT2D eigenvalue weighted by atomic mass is 79.9. The van der Waals surface area contributed by atoms with Gasteiger partial charge in [0.05, 0.1) is 17.7 Å². The second-order valence-corrected chi connectivity index (χ2v) is 6.72. The van der Waals surface area contributed by atoms with E-state index in [0.29, 0.717) is 12.1 Å². The molecule has 1 heterocycles. The van der Waals surface area contributed by atoms with Crippen LogP contribution in [0, 0.1) is 0 Å². The topological polar surface area (TPSA) is 59.8 Å². The Bertz CT molecular complexity index is 1070. The first-order chi connectivity index (χ1) is 12.7. The third kappa shape index (κ3) is 3.36.